The van der Waals surface area contributed by atoms with Crippen LogP contribution in [0.2, 0.25) is 0 Å². The van der Waals surface area contributed by atoms with Crippen molar-refractivity contribution in [2.75, 3.05) is 7.05 Å². The maximum atomic E-state index is 12.7. The molecule has 0 aliphatic heterocycles. The minimum absolute atomic E-state index is 0.0177. The Balaban J connectivity index is 2.34. The fourth-order valence-corrected chi connectivity index (χ4v) is 3.75. The van der Waals surface area contributed by atoms with Crippen LogP contribution in [0.3, 0.4) is 0 Å². The number of non-ortho nitro benzene ring substituents is 1. The Morgan fingerprint density at radius 2 is 1.85 bits per heavy atom. The molecular weight excluding hydrogens is 360 g/mol. The molecule has 0 heterocycles. The highest BCUT2D eigenvalue weighted by Gasteiger charge is 2.33. The van der Waals surface area contributed by atoms with Gasteiger partial charge in [0.2, 0.25) is 10.0 Å². The van der Waals surface area contributed by atoms with Crippen molar-refractivity contribution in [3.8, 4) is 0 Å². The van der Waals surface area contributed by atoms with Crippen molar-refractivity contribution in [2.24, 2.45) is 0 Å². The summed E-state index contributed by atoms with van der Waals surface area (Å²) in [6, 6.07) is 10.1. The first kappa shape index (κ1) is 19.5. The number of hydrogen-bond acceptors (Lipinski definition) is 5. The van der Waals surface area contributed by atoms with Gasteiger partial charge in [-0.3, -0.25) is 14.9 Å². The van der Waals surface area contributed by atoms with Crippen LogP contribution in [0.15, 0.2) is 53.4 Å². The highest BCUT2D eigenvalue weighted by atomic mass is 32.2. The Kier molecular flexibility index (Phi) is 5.73. The summed E-state index contributed by atoms with van der Waals surface area (Å²) in [6.45, 7) is 1.81. The van der Waals surface area contributed by atoms with Crippen molar-refractivity contribution in [1.82, 2.24) is 4.31 Å². The van der Waals surface area contributed by atoms with Crippen LogP contribution in [0, 0.1) is 17.0 Å². The summed E-state index contributed by atoms with van der Waals surface area (Å²) in [5.74, 6) is -1.34. The molecule has 2 rings (SSSR count). The first-order chi connectivity index (χ1) is 12.1. The lowest BCUT2D eigenvalue weighted by Crippen LogP contribution is -2.43. The van der Waals surface area contributed by atoms with Crippen molar-refractivity contribution in [2.45, 2.75) is 24.3 Å². The minimum Gasteiger partial charge on any atom is -0.480 e. The summed E-state index contributed by atoms with van der Waals surface area (Å²) in [5.41, 5.74) is 1.05. The van der Waals surface area contributed by atoms with Crippen molar-refractivity contribution in [3.63, 3.8) is 0 Å². The summed E-state index contributed by atoms with van der Waals surface area (Å²) in [6.07, 6.45) is -0.196. The molecule has 1 atom stereocenters. The SMILES string of the molecule is Cc1ccc(S(=O)(=O)N(C)[C@@H](Cc2cccc([N+](=O)[O-])c2)C(=O)O)cc1. The van der Waals surface area contributed by atoms with Gasteiger partial charge in [0, 0.05) is 19.2 Å². The van der Waals surface area contributed by atoms with Gasteiger partial charge in [-0.2, -0.15) is 4.31 Å². The van der Waals surface area contributed by atoms with Crippen molar-refractivity contribution < 1.29 is 23.2 Å². The number of aryl methyl sites for hydroxylation is 1. The van der Waals surface area contributed by atoms with Gasteiger partial charge in [-0.1, -0.05) is 29.8 Å². The summed E-state index contributed by atoms with van der Waals surface area (Å²) in [4.78, 5) is 21.9. The molecule has 2 aromatic rings. The molecule has 138 valence electrons. The molecule has 0 aromatic heterocycles. The molecule has 0 spiro atoms. The topological polar surface area (TPSA) is 118 Å². The fourth-order valence-electron chi connectivity index (χ4n) is 2.44. The number of likely N-dealkylation sites (N-methyl/N-ethyl adjacent to an activating group) is 1. The Hall–Kier alpha value is -2.78. The van der Waals surface area contributed by atoms with Crippen LogP contribution in [0.5, 0.6) is 0 Å². The van der Waals surface area contributed by atoms with Crippen LogP contribution in [-0.2, 0) is 21.2 Å². The van der Waals surface area contributed by atoms with E-state index in [-0.39, 0.29) is 17.0 Å². The molecule has 8 nitrogen and oxygen atoms in total. The Morgan fingerprint density at radius 3 is 2.38 bits per heavy atom. The Bertz CT molecular complexity index is 925. The number of hydrogen-bond donors (Lipinski definition) is 1. The molecule has 2 aromatic carbocycles. The van der Waals surface area contributed by atoms with Crippen molar-refractivity contribution in [1.29, 1.82) is 0 Å². The minimum atomic E-state index is -4.03. The van der Waals surface area contributed by atoms with Gasteiger partial charge in [0.1, 0.15) is 6.04 Å². The molecule has 9 heteroatoms. The molecule has 1 N–H and O–H groups in total. The lowest BCUT2D eigenvalue weighted by molar-refractivity contribution is -0.384. The smallest absolute Gasteiger partial charge is 0.322 e. The lowest BCUT2D eigenvalue weighted by atomic mass is 10.1. The number of aliphatic carboxylic acids is 1. The van der Waals surface area contributed by atoms with Crippen LogP contribution in [0.1, 0.15) is 11.1 Å². The Labute approximate surface area is 150 Å². The van der Waals surface area contributed by atoms with Crippen molar-refractivity contribution in [3.05, 3.63) is 69.8 Å². The second kappa shape index (κ2) is 7.63. The van der Waals surface area contributed by atoms with Gasteiger partial charge in [-0.05, 0) is 31.0 Å². The molecule has 0 unspecified atom stereocenters. The van der Waals surface area contributed by atoms with Gasteiger partial charge in [-0.15, -0.1) is 0 Å². The number of carbonyl (C=O) groups is 1. The standard InChI is InChI=1S/C17H18N2O6S/c1-12-6-8-15(9-7-12)26(24,25)18(2)16(17(20)21)11-13-4-3-5-14(10-13)19(22)23/h3-10,16H,11H2,1-2H3,(H,20,21)/t16-/m0/s1. The van der Waals surface area contributed by atoms with Crippen LogP contribution < -0.4 is 0 Å². The molecule has 0 saturated carbocycles. The number of nitrogens with zero attached hydrogens (tertiary/aromatic N) is 2. The zero-order valence-electron chi connectivity index (χ0n) is 14.2. The van der Waals surface area contributed by atoms with Crippen LogP contribution in [0.4, 0.5) is 5.69 Å². The summed E-state index contributed by atoms with van der Waals surface area (Å²) < 4.78 is 26.2. The zero-order chi connectivity index (χ0) is 19.5. The van der Waals surface area contributed by atoms with Crippen molar-refractivity contribution >= 4 is 21.7 Å². The van der Waals surface area contributed by atoms with E-state index < -0.39 is 27.0 Å². The normalized spacial score (nSPS) is 12.7. The molecule has 0 amide bonds. The van der Waals surface area contributed by atoms with Gasteiger partial charge < -0.3 is 5.11 Å². The summed E-state index contributed by atoms with van der Waals surface area (Å²) in [7, 11) is -2.84. The Morgan fingerprint density at radius 1 is 1.23 bits per heavy atom. The fraction of sp³-hybridized carbons (Fsp3) is 0.235. The molecule has 0 radical (unpaired) electrons. The summed E-state index contributed by atoms with van der Waals surface area (Å²) >= 11 is 0. The van der Waals surface area contributed by atoms with Gasteiger partial charge in [-0.25, -0.2) is 8.42 Å². The third-order valence-corrected chi connectivity index (χ3v) is 5.85. The van der Waals surface area contributed by atoms with E-state index in [1.165, 1.54) is 43.4 Å². The highest BCUT2D eigenvalue weighted by molar-refractivity contribution is 7.89. The molecule has 0 aliphatic carbocycles. The largest absolute Gasteiger partial charge is 0.480 e. The van der Waals surface area contributed by atoms with E-state index in [1.54, 1.807) is 12.1 Å². The summed E-state index contributed by atoms with van der Waals surface area (Å²) in [5, 5.41) is 20.4. The second-order valence-electron chi connectivity index (χ2n) is 5.82. The van der Waals surface area contributed by atoms with E-state index in [0.29, 0.717) is 5.56 Å². The lowest BCUT2D eigenvalue weighted by Gasteiger charge is -2.24. The van der Waals surface area contributed by atoms with Crippen LogP contribution in [-0.4, -0.2) is 41.8 Å². The number of carboxylic acid groups (broad SMARTS) is 1. The predicted octanol–water partition coefficient (Wildman–Crippen LogP) is 2.22. The quantitative estimate of drug-likeness (QED) is 0.583. The monoisotopic (exact) mass is 378 g/mol. The highest BCUT2D eigenvalue weighted by Crippen LogP contribution is 2.21. The average molecular weight is 378 g/mol. The van der Waals surface area contributed by atoms with E-state index in [9.17, 15) is 28.4 Å². The van der Waals surface area contributed by atoms with Gasteiger partial charge in [0.05, 0.1) is 9.82 Å². The third kappa shape index (κ3) is 4.24. The third-order valence-electron chi connectivity index (χ3n) is 3.97. The zero-order valence-corrected chi connectivity index (χ0v) is 15.0. The molecule has 0 aliphatic rings. The number of nitro benzene ring substituents is 1. The van der Waals surface area contributed by atoms with Gasteiger partial charge >= 0.3 is 5.97 Å². The molecule has 26 heavy (non-hydrogen) atoms. The molecule has 0 fully saturated rings. The van der Waals surface area contributed by atoms with Gasteiger partial charge in [0.25, 0.3) is 5.69 Å². The molecule has 0 saturated heterocycles. The molecular formula is C17H18N2O6S. The van der Waals surface area contributed by atoms with E-state index in [4.69, 9.17) is 0 Å². The number of rotatable bonds is 7. The maximum absolute atomic E-state index is 12.7. The van der Waals surface area contributed by atoms with E-state index in [1.807, 2.05) is 6.92 Å². The number of carboxylic acids is 1. The predicted molar refractivity (Wildman–Crippen MR) is 94.4 cm³/mol. The number of benzene rings is 2. The second-order valence-corrected chi connectivity index (χ2v) is 7.82. The van der Waals surface area contributed by atoms with E-state index >= 15 is 0 Å². The number of sulfonamides is 1. The van der Waals surface area contributed by atoms with E-state index in [0.717, 1.165) is 9.87 Å². The average Bonchev–Trinajstić information content (AvgIpc) is 2.59. The first-order valence-corrected chi connectivity index (χ1v) is 9.08. The molecule has 0 bridgehead atoms. The van der Waals surface area contributed by atoms with Gasteiger partial charge in [0.15, 0.2) is 0 Å². The van der Waals surface area contributed by atoms with Crippen LogP contribution >= 0.6 is 0 Å². The first-order valence-electron chi connectivity index (χ1n) is 7.64. The van der Waals surface area contributed by atoms with E-state index in [2.05, 4.69) is 0 Å². The number of nitro groups is 1. The van der Waals surface area contributed by atoms with Crippen LogP contribution in [0.25, 0.3) is 0 Å². The maximum Gasteiger partial charge on any atom is 0.322 e.